The maximum atomic E-state index is 4.35. The summed E-state index contributed by atoms with van der Waals surface area (Å²) in [5.74, 6) is 1.69. The lowest BCUT2D eigenvalue weighted by atomic mass is 9.91. The zero-order chi connectivity index (χ0) is 14.6. The first kappa shape index (κ1) is 16.2. The van der Waals surface area contributed by atoms with Gasteiger partial charge in [0.15, 0.2) is 0 Å². The van der Waals surface area contributed by atoms with Crippen LogP contribution in [0.3, 0.4) is 0 Å². The molecule has 0 aliphatic rings. The van der Waals surface area contributed by atoms with Crippen LogP contribution in [0.5, 0.6) is 0 Å². The van der Waals surface area contributed by atoms with Crippen molar-refractivity contribution < 1.29 is 0 Å². The molecule has 1 aromatic heterocycles. The molecule has 4 heteroatoms. The Kier molecular flexibility index (Phi) is 5.53. The van der Waals surface area contributed by atoms with Crippen LogP contribution in [0.4, 0.5) is 0 Å². The Bertz CT molecular complexity index is 376. The van der Waals surface area contributed by atoms with E-state index in [9.17, 15) is 0 Å². The van der Waals surface area contributed by atoms with E-state index >= 15 is 0 Å². The van der Waals surface area contributed by atoms with Gasteiger partial charge < -0.3 is 0 Å². The minimum Gasteiger partial charge on any atom is -0.293 e. The monoisotopic (exact) mass is 266 g/mol. The maximum absolute atomic E-state index is 4.35. The van der Waals surface area contributed by atoms with Crippen molar-refractivity contribution in [3.63, 3.8) is 0 Å². The Hall–Kier alpha value is -0.900. The van der Waals surface area contributed by atoms with E-state index in [4.69, 9.17) is 0 Å². The van der Waals surface area contributed by atoms with Crippen molar-refractivity contribution >= 4 is 0 Å². The quantitative estimate of drug-likeness (QED) is 0.793. The van der Waals surface area contributed by atoms with Crippen LogP contribution in [-0.2, 0) is 13.6 Å². The third-order valence-corrected chi connectivity index (χ3v) is 3.84. The summed E-state index contributed by atoms with van der Waals surface area (Å²) in [5.41, 5.74) is 0.370. The predicted octanol–water partition coefficient (Wildman–Crippen LogP) is 3.10. The van der Waals surface area contributed by atoms with Crippen molar-refractivity contribution in [3.8, 4) is 0 Å². The lowest BCUT2D eigenvalue weighted by Crippen LogP contribution is -2.38. The molecule has 1 heterocycles. The zero-order valence-electron chi connectivity index (χ0n) is 13.6. The predicted molar refractivity (Wildman–Crippen MR) is 79.8 cm³/mol. The summed E-state index contributed by atoms with van der Waals surface area (Å²) >= 11 is 0. The molecule has 0 amide bonds. The van der Waals surface area contributed by atoms with Gasteiger partial charge in [0, 0.05) is 13.1 Å². The van der Waals surface area contributed by atoms with Crippen molar-refractivity contribution in [2.45, 2.75) is 60.5 Å². The lowest BCUT2D eigenvalue weighted by Gasteiger charge is -2.33. The van der Waals surface area contributed by atoms with Crippen LogP contribution in [-0.4, -0.2) is 32.3 Å². The molecule has 1 aromatic rings. The Labute approximate surface area is 118 Å². The van der Waals surface area contributed by atoms with Crippen LogP contribution < -0.4 is 0 Å². The number of aryl methyl sites for hydroxylation is 1. The van der Waals surface area contributed by atoms with E-state index in [1.807, 2.05) is 11.7 Å². The van der Waals surface area contributed by atoms with Crippen molar-refractivity contribution in [1.82, 2.24) is 19.7 Å². The average molecular weight is 266 g/mol. The van der Waals surface area contributed by atoms with Gasteiger partial charge in [-0.1, -0.05) is 34.6 Å². The molecule has 110 valence electrons. The zero-order valence-corrected chi connectivity index (χ0v) is 13.6. The van der Waals surface area contributed by atoms with E-state index in [2.05, 4.69) is 56.5 Å². The molecule has 1 rings (SSSR count). The average Bonchev–Trinajstić information content (AvgIpc) is 2.67. The van der Waals surface area contributed by atoms with Crippen LogP contribution >= 0.6 is 0 Å². The van der Waals surface area contributed by atoms with Crippen LogP contribution in [0.1, 0.15) is 53.8 Å². The fourth-order valence-corrected chi connectivity index (χ4v) is 1.97. The van der Waals surface area contributed by atoms with E-state index < -0.39 is 0 Å². The summed E-state index contributed by atoms with van der Waals surface area (Å²) in [6, 6.07) is 0.555. The second-order valence-electron chi connectivity index (χ2n) is 7.07. The number of hydrogen-bond acceptors (Lipinski definition) is 3. The highest BCUT2D eigenvalue weighted by atomic mass is 15.3. The molecule has 1 unspecified atom stereocenters. The molecule has 0 saturated carbocycles. The van der Waals surface area contributed by atoms with Gasteiger partial charge in [-0.05, 0) is 31.2 Å². The molecule has 0 aliphatic heterocycles. The summed E-state index contributed by atoms with van der Waals surface area (Å²) < 4.78 is 1.87. The molecule has 0 N–H and O–H groups in total. The van der Waals surface area contributed by atoms with Gasteiger partial charge in [-0.15, -0.1) is 0 Å². The lowest BCUT2D eigenvalue weighted by molar-refractivity contribution is 0.134. The first-order valence-electron chi connectivity index (χ1n) is 7.27. The molecule has 0 radical (unpaired) electrons. The van der Waals surface area contributed by atoms with Crippen LogP contribution in [0.25, 0.3) is 0 Å². The molecule has 1 atom stereocenters. The Morgan fingerprint density at radius 2 is 1.89 bits per heavy atom. The van der Waals surface area contributed by atoms with Crippen molar-refractivity contribution in [2.75, 3.05) is 6.54 Å². The van der Waals surface area contributed by atoms with Crippen molar-refractivity contribution in [1.29, 1.82) is 0 Å². The number of rotatable bonds is 6. The van der Waals surface area contributed by atoms with Gasteiger partial charge in [0.25, 0.3) is 0 Å². The molecule has 0 aromatic carbocycles. The SMILES string of the molecule is CC(C)C(C)N(CCC(C)(C)C)Cc1ncnn1C. The number of aromatic nitrogens is 3. The molecule has 0 bridgehead atoms. The highest BCUT2D eigenvalue weighted by molar-refractivity contribution is 4.86. The highest BCUT2D eigenvalue weighted by Gasteiger charge is 2.21. The first-order chi connectivity index (χ1) is 8.70. The molecular weight excluding hydrogens is 236 g/mol. The van der Waals surface area contributed by atoms with Gasteiger partial charge in [-0.3, -0.25) is 9.58 Å². The van der Waals surface area contributed by atoms with E-state index in [1.54, 1.807) is 6.33 Å². The molecule has 0 aliphatic carbocycles. The van der Waals surface area contributed by atoms with E-state index in [0.717, 1.165) is 18.9 Å². The van der Waals surface area contributed by atoms with E-state index in [1.165, 1.54) is 6.42 Å². The second-order valence-corrected chi connectivity index (χ2v) is 7.07. The van der Waals surface area contributed by atoms with Crippen LogP contribution in [0, 0.1) is 11.3 Å². The minimum atomic E-state index is 0.370. The number of nitrogens with zero attached hydrogens (tertiary/aromatic N) is 4. The molecule has 19 heavy (non-hydrogen) atoms. The fourth-order valence-electron chi connectivity index (χ4n) is 1.97. The van der Waals surface area contributed by atoms with Crippen LogP contribution in [0.2, 0.25) is 0 Å². The van der Waals surface area contributed by atoms with Gasteiger partial charge in [0.1, 0.15) is 12.2 Å². The summed E-state index contributed by atoms with van der Waals surface area (Å²) in [7, 11) is 1.96. The Morgan fingerprint density at radius 1 is 1.26 bits per heavy atom. The standard InChI is InChI=1S/C15H30N4/c1-12(2)13(3)19(9-8-15(4,5)6)10-14-16-11-17-18(14)7/h11-13H,8-10H2,1-7H3. The summed E-state index contributed by atoms with van der Waals surface area (Å²) in [4.78, 5) is 6.88. The summed E-state index contributed by atoms with van der Waals surface area (Å²) in [6.07, 6.45) is 2.83. The smallest absolute Gasteiger partial charge is 0.140 e. The van der Waals surface area contributed by atoms with Gasteiger partial charge in [0.2, 0.25) is 0 Å². The largest absolute Gasteiger partial charge is 0.293 e. The third-order valence-electron chi connectivity index (χ3n) is 3.84. The molecular formula is C15H30N4. The third kappa shape index (κ3) is 5.31. The number of hydrogen-bond donors (Lipinski definition) is 0. The first-order valence-corrected chi connectivity index (χ1v) is 7.27. The second kappa shape index (κ2) is 6.51. The summed E-state index contributed by atoms with van der Waals surface area (Å²) in [5, 5.41) is 4.16. The van der Waals surface area contributed by atoms with Crippen LogP contribution in [0.15, 0.2) is 6.33 Å². The van der Waals surface area contributed by atoms with E-state index in [-0.39, 0.29) is 0 Å². The van der Waals surface area contributed by atoms with Gasteiger partial charge >= 0.3 is 0 Å². The van der Waals surface area contributed by atoms with Crippen molar-refractivity contribution in [2.24, 2.45) is 18.4 Å². The Morgan fingerprint density at radius 3 is 2.32 bits per heavy atom. The molecule has 4 nitrogen and oxygen atoms in total. The molecule has 0 spiro atoms. The van der Waals surface area contributed by atoms with E-state index in [0.29, 0.717) is 17.4 Å². The minimum absolute atomic E-state index is 0.370. The normalized spacial score (nSPS) is 14.4. The molecule has 0 saturated heterocycles. The maximum Gasteiger partial charge on any atom is 0.140 e. The van der Waals surface area contributed by atoms with Gasteiger partial charge in [-0.25, -0.2) is 4.98 Å². The highest BCUT2D eigenvalue weighted by Crippen LogP contribution is 2.22. The summed E-state index contributed by atoms with van der Waals surface area (Å²) in [6.45, 7) is 15.8. The topological polar surface area (TPSA) is 34.0 Å². The van der Waals surface area contributed by atoms with Gasteiger partial charge in [0.05, 0.1) is 6.54 Å². The fraction of sp³-hybridized carbons (Fsp3) is 0.867. The van der Waals surface area contributed by atoms with Gasteiger partial charge in [-0.2, -0.15) is 5.10 Å². The Balaban J connectivity index is 2.72. The van der Waals surface area contributed by atoms with Crippen molar-refractivity contribution in [3.05, 3.63) is 12.2 Å². The molecule has 0 fully saturated rings.